The van der Waals surface area contributed by atoms with Crippen LogP contribution in [0.3, 0.4) is 0 Å². The fraction of sp³-hybridized carbons (Fsp3) is 0.462. The Hall–Kier alpha value is -0.880. The summed E-state index contributed by atoms with van der Waals surface area (Å²) in [6.45, 7) is 2.97. The first-order valence-electron chi connectivity index (χ1n) is 6.19. The number of imidazole rings is 1. The molecule has 19 heavy (non-hydrogen) atoms. The molecule has 0 radical (unpaired) electrons. The van der Waals surface area contributed by atoms with Crippen molar-refractivity contribution in [1.82, 2.24) is 14.5 Å². The van der Waals surface area contributed by atoms with E-state index in [0.717, 1.165) is 24.2 Å². The smallest absolute Gasteiger partial charge is 0.178 e. The Morgan fingerprint density at radius 1 is 1.37 bits per heavy atom. The predicted molar refractivity (Wildman–Crippen MR) is 81.5 cm³/mol. The number of hydrogen-bond acceptors (Lipinski definition) is 3. The van der Waals surface area contributed by atoms with Crippen molar-refractivity contribution >= 4 is 34.9 Å². The van der Waals surface area contributed by atoms with Crippen LogP contribution in [0, 0.1) is 4.77 Å². The predicted octanol–water partition coefficient (Wildman–Crippen LogP) is 2.93. The summed E-state index contributed by atoms with van der Waals surface area (Å²) in [5.74, 6) is 0. The van der Waals surface area contributed by atoms with E-state index in [1.165, 1.54) is 0 Å². The summed E-state index contributed by atoms with van der Waals surface area (Å²) in [5.41, 5.74) is 1.91. The summed E-state index contributed by atoms with van der Waals surface area (Å²) >= 11 is 11.5. The zero-order chi connectivity index (χ0) is 13.8. The molecule has 4 nitrogen and oxygen atoms in total. The number of nitrogens with zero attached hydrogens (tertiary/aromatic N) is 2. The molecule has 1 aromatic heterocycles. The Labute approximate surface area is 122 Å². The largest absolute Gasteiger partial charge is 0.378 e. The average Bonchev–Trinajstić information content (AvgIpc) is 2.66. The Morgan fingerprint density at radius 3 is 2.89 bits per heavy atom. The summed E-state index contributed by atoms with van der Waals surface area (Å²) in [4.78, 5) is 5.25. The standard InChI is InChI=1S/C13H18ClN3OS/c1-16(2)6-8-18-9-7-17-12-10(14)4-3-5-11(12)15-13(17)19/h3-5H,6-9H2,1-2H3,(H,15,19). The van der Waals surface area contributed by atoms with Crippen LogP contribution in [0.4, 0.5) is 0 Å². The Kier molecular flexibility index (Phi) is 4.99. The van der Waals surface area contributed by atoms with Crippen LogP contribution < -0.4 is 0 Å². The monoisotopic (exact) mass is 299 g/mol. The first-order valence-corrected chi connectivity index (χ1v) is 6.97. The van der Waals surface area contributed by atoms with Crippen molar-refractivity contribution in [1.29, 1.82) is 0 Å². The maximum absolute atomic E-state index is 6.22. The van der Waals surface area contributed by atoms with Crippen LogP contribution in [-0.4, -0.2) is 48.3 Å². The second-order valence-electron chi connectivity index (χ2n) is 4.63. The van der Waals surface area contributed by atoms with Crippen LogP contribution in [0.5, 0.6) is 0 Å². The van der Waals surface area contributed by atoms with Gasteiger partial charge in [0.1, 0.15) is 0 Å². The molecule has 0 bridgehead atoms. The lowest BCUT2D eigenvalue weighted by Crippen LogP contribution is -2.19. The molecular weight excluding hydrogens is 282 g/mol. The normalized spacial score (nSPS) is 11.6. The fourth-order valence-corrected chi connectivity index (χ4v) is 2.46. The number of ether oxygens (including phenoxy) is 1. The second-order valence-corrected chi connectivity index (χ2v) is 5.43. The van der Waals surface area contributed by atoms with Gasteiger partial charge in [0.15, 0.2) is 4.77 Å². The fourth-order valence-electron chi connectivity index (χ4n) is 1.89. The first kappa shape index (κ1) is 14.5. The lowest BCUT2D eigenvalue weighted by molar-refractivity contribution is 0.111. The van der Waals surface area contributed by atoms with Crippen molar-refractivity contribution in [2.75, 3.05) is 33.9 Å². The van der Waals surface area contributed by atoms with Gasteiger partial charge in [-0.15, -0.1) is 0 Å². The molecule has 0 unspecified atom stereocenters. The molecule has 0 aliphatic rings. The summed E-state index contributed by atoms with van der Waals surface area (Å²) in [6, 6.07) is 5.75. The molecule has 1 heterocycles. The molecule has 2 rings (SSSR count). The SMILES string of the molecule is CN(C)CCOCCn1c(=S)[nH]c2cccc(Cl)c21. The van der Waals surface area contributed by atoms with Crippen LogP contribution in [0.2, 0.25) is 5.02 Å². The summed E-state index contributed by atoms with van der Waals surface area (Å²) in [5, 5.41) is 0.707. The van der Waals surface area contributed by atoms with E-state index in [0.29, 0.717) is 22.9 Å². The van der Waals surface area contributed by atoms with Crippen LogP contribution in [0.15, 0.2) is 18.2 Å². The molecule has 6 heteroatoms. The highest BCUT2D eigenvalue weighted by molar-refractivity contribution is 7.71. The molecule has 0 aliphatic carbocycles. The molecule has 0 aliphatic heterocycles. The van der Waals surface area contributed by atoms with Gasteiger partial charge in [-0.3, -0.25) is 0 Å². The lowest BCUT2D eigenvalue weighted by Gasteiger charge is -2.10. The number of nitrogens with one attached hydrogen (secondary N) is 1. The highest BCUT2D eigenvalue weighted by Crippen LogP contribution is 2.23. The number of H-pyrrole nitrogens is 1. The van der Waals surface area contributed by atoms with Crippen molar-refractivity contribution in [3.8, 4) is 0 Å². The molecule has 0 atom stereocenters. The maximum atomic E-state index is 6.22. The van der Waals surface area contributed by atoms with E-state index in [-0.39, 0.29) is 0 Å². The van der Waals surface area contributed by atoms with Crippen LogP contribution in [-0.2, 0) is 11.3 Å². The zero-order valence-electron chi connectivity index (χ0n) is 11.1. The van der Waals surface area contributed by atoms with Gasteiger partial charge in [-0.1, -0.05) is 17.7 Å². The van der Waals surface area contributed by atoms with E-state index in [1.807, 2.05) is 36.9 Å². The Morgan fingerprint density at radius 2 is 2.16 bits per heavy atom. The van der Waals surface area contributed by atoms with E-state index in [1.54, 1.807) is 0 Å². The molecule has 1 aromatic carbocycles. The van der Waals surface area contributed by atoms with Crippen molar-refractivity contribution in [3.05, 3.63) is 28.0 Å². The van der Waals surface area contributed by atoms with Gasteiger partial charge in [-0.25, -0.2) is 0 Å². The van der Waals surface area contributed by atoms with Gasteiger partial charge in [0.2, 0.25) is 0 Å². The number of rotatable bonds is 6. The quantitative estimate of drug-likeness (QED) is 0.658. The number of benzene rings is 1. The van der Waals surface area contributed by atoms with Crippen molar-refractivity contribution in [2.45, 2.75) is 6.54 Å². The number of aromatic amines is 1. The van der Waals surface area contributed by atoms with Crippen LogP contribution in [0.1, 0.15) is 0 Å². The molecule has 104 valence electrons. The third kappa shape index (κ3) is 3.57. The zero-order valence-corrected chi connectivity index (χ0v) is 12.7. The van der Waals surface area contributed by atoms with Crippen LogP contribution >= 0.6 is 23.8 Å². The molecular formula is C13H18ClN3OS. The topological polar surface area (TPSA) is 33.2 Å². The Balaban J connectivity index is 2.04. The lowest BCUT2D eigenvalue weighted by atomic mass is 10.3. The van der Waals surface area contributed by atoms with Gasteiger partial charge in [-0.05, 0) is 38.4 Å². The minimum Gasteiger partial charge on any atom is -0.378 e. The summed E-state index contributed by atoms with van der Waals surface area (Å²) in [6.07, 6.45) is 0. The summed E-state index contributed by atoms with van der Waals surface area (Å²) < 4.78 is 8.26. The van der Waals surface area contributed by atoms with Gasteiger partial charge in [0.05, 0.1) is 29.3 Å². The van der Waals surface area contributed by atoms with Gasteiger partial charge in [-0.2, -0.15) is 0 Å². The number of para-hydroxylation sites is 1. The van der Waals surface area contributed by atoms with E-state index in [9.17, 15) is 0 Å². The molecule has 0 saturated carbocycles. The van der Waals surface area contributed by atoms with Crippen LogP contribution in [0.25, 0.3) is 11.0 Å². The van der Waals surface area contributed by atoms with Gasteiger partial charge in [0.25, 0.3) is 0 Å². The third-order valence-corrected chi connectivity index (χ3v) is 3.51. The highest BCUT2D eigenvalue weighted by atomic mass is 35.5. The van der Waals surface area contributed by atoms with E-state index < -0.39 is 0 Å². The van der Waals surface area contributed by atoms with Crippen molar-refractivity contribution < 1.29 is 4.74 Å². The number of fused-ring (bicyclic) bond motifs is 1. The van der Waals surface area contributed by atoms with Crippen molar-refractivity contribution in [2.24, 2.45) is 0 Å². The van der Waals surface area contributed by atoms with E-state index in [4.69, 9.17) is 28.6 Å². The maximum Gasteiger partial charge on any atom is 0.178 e. The summed E-state index contributed by atoms with van der Waals surface area (Å²) in [7, 11) is 4.05. The molecule has 2 aromatic rings. The number of aromatic nitrogens is 2. The molecule has 0 amide bonds. The molecule has 0 spiro atoms. The van der Waals surface area contributed by atoms with Crippen molar-refractivity contribution in [3.63, 3.8) is 0 Å². The number of hydrogen-bond donors (Lipinski definition) is 1. The van der Waals surface area contributed by atoms with Gasteiger partial charge in [0, 0.05) is 13.1 Å². The molecule has 0 fully saturated rings. The Bertz CT molecular complexity index is 605. The second kappa shape index (κ2) is 6.52. The molecule has 0 saturated heterocycles. The van der Waals surface area contributed by atoms with E-state index >= 15 is 0 Å². The van der Waals surface area contributed by atoms with Gasteiger partial charge < -0.3 is 19.2 Å². The minimum atomic E-state index is 0.625. The number of halogens is 1. The number of likely N-dealkylation sites (N-methyl/N-ethyl adjacent to an activating group) is 1. The molecule has 1 N–H and O–H groups in total. The van der Waals surface area contributed by atoms with E-state index in [2.05, 4.69) is 9.88 Å². The minimum absolute atomic E-state index is 0.625. The van der Waals surface area contributed by atoms with Gasteiger partial charge >= 0.3 is 0 Å². The first-order chi connectivity index (χ1) is 9.09. The third-order valence-electron chi connectivity index (χ3n) is 2.89. The highest BCUT2D eigenvalue weighted by Gasteiger charge is 2.07. The average molecular weight is 300 g/mol.